The first-order valence-corrected chi connectivity index (χ1v) is 6.53. The van der Waals surface area contributed by atoms with Gasteiger partial charge in [-0.05, 0) is 5.56 Å². The van der Waals surface area contributed by atoms with Crippen LogP contribution in [-0.2, 0) is 23.0 Å². The topological polar surface area (TPSA) is 56.1 Å². The fourth-order valence-corrected chi connectivity index (χ4v) is 2.05. The summed E-state index contributed by atoms with van der Waals surface area (Å²) in [6.45, 7) is 0.561. The Bertz CT molecular complexity index is 551. The van der Waals surface area contributed by atoms with E-state index in [9.17, 15) is 4.79 Å². The Morgan fingerprint density at radius 2 is 2.15 bits per heavy atom. The molecule has 0 bridgehead atoms. The average Bonchev–Trinajstić information content (AvgIpc) is 2.86. The number of benzene rings is 1. The van der Waals surface area contributed by atoms with Crippen molar-refractivity contribution in [3.05, 3.63) is 54.1 Å². The molecule has 0 aliphatic rings. The van der Waals surface area contributed by atoms with Crippen molar-refractivity contribution in [3.63, 3.8) is 0 Å². The van der Waals surface area contributed by atoms with E-state index in [1.807, 2.05) is 41.9 Å². The number of methoxy groups -OCH3 is 1. The molecule has 0 radical (unpaired) electrons. The van der Waals surface area contributed by atoms with Gasteiger partial charge in [-0.25, -0.2) is 4.98 Å². The Balaban J connectivity index is 1.89. The fraction of sp³-hybridized carbons (Fsp3) is 0.333. The second kappa shape index (κ2) is 6.86. The predicted octanol–water partition coefficient (Wildman–Crippen LogP) is 1.47. The molecule has 1 amide bonds. The van der Waals surface area contributed by atoms with Gasteiger partial charge in [-0.1, -0.05) is 30.3 Å². The minimum Gasteiger partial charge on any atom is -0.367 e. The van der Waals surface area contributed by atoms with Gasteiger partial charge in [-0.3, -0.25) is 4.79 Å². The normalized spacial score (nSPS) is 12.1. The van der Waals surface area contributed by atoms with E-state index in [-0.39, 0.29) is 5.91 Å². The zero-order chi connectivity index (χ0) is 14.4. The summed E-state index contributed by atoms with van der Waals surface area (Å²) < 4.78 is 7.22. The number of nitrogens with one attached hydrogen (secondary N) is 1. The van der Waals surface area contributed by atoms with Crippen LogP contribution >= 0.6 is 0 Å². The van der Waals surface area contributed by atoms with Gasteiger partial charge in [0.15, 0.2) is 6.10 Å². The molecule has 2 aromatic rings. The molecule has 5 nitrogen and oxygen atoms in total. The average molecular weight is 273 g/mol. The lowest BCUT2D eigenvalue weighted by Gasteiger charge is -2.15. The highest BCUT2D eigenvalue weighted by atomic mass is 16.5. The predicted molar refractivity (Wildman–Crippen MR) is 76.1 cm³/mol. The van der Waals surface area contributed by atoms with Crippen molar-refractivity contribution in [2.24, 2.45) is 7.05 Å². The Hall–Kier alpha value is -2.14. The third-order valence-corrected chi connectivity index (χ3v) is 3.17. The highest BCUT2D eigenvalue weighted by Gasteiger charge is 2.19. The maximum Gasteiger partial charge on any atom is 0.253 e. The summed E-state index contributed by atoms with van der Waals surface area (Å²) >= 11 is 0. The van der Waals surface area contributed by atoms with Crippen molar-refractivity contribution in [3.8, 4) is 0 Å². The lowest BCUT2D eigenvalue weighted by Crippen LogP contribution is -2.32. The summed E-state index contributed by atoms with van der Waals surface area (Å²) in [6, 6.07) is 9.47. The number of carbonyl (C=O) groups is 1. The molecule has 1 heterocycles. The van der Waals surface area contributed by atoms with Crippen LogP contribution in [0.1, 0.15) is 17.4 Å². The van der Waals surface area contributed by atoms with Gasteiger partial charge in [0.25, 0.3) is 5.91 Å². The van der Waals surface area contributed by atoms with E-state index < -0.39 is 6.10 Å². The Morgan fingerprint density at radius 3 is 2.75 bits per heavy atom. The van der Waals surface area contributed by atoms with Crippen LogP contribution in [0.5, 0.6) is 0 Å². The van der Waals surface area contributed by atoms with Crippen molar-refractivity contribution >= 4 is 5.91 Å². The lowest BCUT2D eigenvalue weighted by atomic mass is 10.1. The molecule has 1 atom stereocenters. The molecular weight excluding hydrogens is 254 g/mol. The maximum atomic E-state index is 12.1. The molecule has 1 aromatic carbocycles. The van der Waals surface area contributed by atoms with Crippen molar-refractivity contribution in [2.45, 2.75) is 12.5 Å². The highest BCUT2D eigenvalue weighted by molar-refractivity contribution is 5.82. The van der Waals surface area contributed by atoms with Gasteiger partial charge in [0.2, 0.25) is 0 Å². The molecule has 0 aliphatic heterocycles. The molecule has 0 unspecified atom stereocenters. The van der Waals surface area contributed by atoms with Gasteiger partial charge in [-0.15, -0.1) is 0 Å². The third-order valence-electron chi connectivity index (χ3n) is 3.17. The Labute approximate surface area is 118 Å². The number of hydrogen-bond donors (Lipinski definition) is 1. The van der Waals surface area contributed by atoms with Crippen LogP contribution in [-0.4, -0.2) is 29.1 Å². The summed E-state index contributed by atoms with van der Waals surface area (Å²) in [5, 5.41) is 2.89. The molecule has 106 valence electrons. The number of amides is 1. The van der Waals surface area contributed by atoms with Crippen LogP contribution in [0.25, 0.3) is 0 Å². The number of carbonyl (C=O) groups excluding carboxylic acids is 1. The number of rotatable bonds is 6. The van der Waals surface area contributed by atoms with Crippen molar-refractivity contribution in [1.29, 1.82) is 0 Å². The summed E-state index contributed by atoms with van der Waals surface area (Å²) in [5.41, 5.74) is 1.94. The Morgan fingerprint density at radius 1 is 1.40 bits per heavy atom. The minimum absolute atomic E-state index is 0.124. The summed E-state index contributed by atoms with van der Waals surface area (Å²) in [4.78, 5) is 16.2. The molecule has 1 aromatic heterocycles. The summed E-state index contributed by atoms with van der Waals surface area (Å²) in [6.07, 6.45) is 3.73. The first kappa shape index (κ1) is 14.3. The number of imidazole rings is 1. The number of nitrogens with zero attached hydrogens (tertiary/aromatic N) is 2. The van der Waals surface area contributed by atoms with Gasteiger partial charge in [0.1, 0.15) is 0 Å². The van der Waals surface area contributed by atoms with Crippen molar-refractivity contribution < 1.29 is 9.53 Å². The molecule has 0 saturated heterocycles. The fourth-order valence-electron chi connectivity index (χ4n) is 2.05. The molecule has 0 saturated carbocycles. The molecule has 1 N–H and O–H groups in total. The van der Waals surface area contributed by atoms with Crippen LogP contribution in [0.3, 0.4) is 0 Å². The van der Waals surface area contributed by atoms with E-state index in [0.717, 1.165) is 17.7 Å². The maximum absolute atomic E-state index is 12.1. The van der Waals surface area contributed by atoms with Crippen molar-refractivity contribution in [1.82, 2.24) is 14.9 Å². The highest BCUT2D eigenvalue weighted by Crippen LogP contribution is 2.15. The van der Waals surface area contributed by atoms with Gasteiger partial charge in [0, 0.05) is 39.0 Å². The van der Waals surface area contributed by atoms with E-state index >= 15 is 0 Å². The first-order valence-electron chi connectivity index (χ1n) is 6.53. The summed E-state index contributed by atoms with van der Waals surface area (Å²) in [5.74, 6) is -0.124. The first-order chi connectivity index (χ1) is 9.72. The number of aryl methyl sites for hydroxylation is 1. The molecule has 0 fully saturated rings. The number of aromatic nitrogens is 2. The van der Waals surface area contributed by atoms with E-state index in [4.69, 9.17) is 4.74 Å². The van der Waals surface area contributed by atoms with Crippen LogP contribution in [0.15, 0.2) is 42.9 Å². The van der Waals surface area contributed by atoms with E-state index in [1.165, 1.54) is 0 Å². The largest absolute Gasteiger partial charge is 0.367 e. The van der Waals surface area contributed by atoms with Crippen molar-refractivity contribution in [2.75, 3.05) is 13.7 Å². The zero-order valence-electron chi connectivity index (χ0n) is 11.7. The van der Waals surface area contributed by atoms with Gasteiger partial charge >= 0.3 is 0 Å². The molecule has 0 spiro atoms. The van der Waals surface area contributed by atoms with Crippen LogP contribution in [0.2, 0.25) is 0 Å². The van der Waals surface area contributed by atoms with Crippen LogP contribution < -0.4 is 5.32 Å². The molecule has 20 heavy (non-hydrogen) atoms. The van der Waals surface area contributed by atoms with Crippen LogP contribution in [0, 0.1) is 0 Å². The second-order valence-corrected chi connectivity index (χ2v) is 4.56. The van der Waals surface area contributed by atoms with E-state index in [1.54, 1.807) is 19.6 Å². The van der Waals surface area contributed by atoms with Gasteiger partial charge in [0.05, 0.1) is 6.33 Å². The second-order valence-electron chi connectivity index (χ2n) is 4.56. The SMILES string of the molecule is CO[C@@H](C(=O)NCCc1cncn1C)c1ccccc1. The summed E-state index contributed by atoms with van der Waals surface area (Å²) in [7, 11) is 3.48. The molecular formula is C15H19N3O2. The van der Waals surface area contributed by atoms with E-state index in [0.29, 0.717) is 6.54 Å². The standard InChI is InChI=1S/C15H19N3O2/c1-18-11-16-10-13(18)8-9-17-15(19)14(20-2)12-6-4-3-5-7-12/h3-7,10-11,14H,8-9H2,1-2H3,(H,17,19)/t14-/m1/s1. The Kier molecular flexibility index (Phi) is 4.90. The quantitative estimate of drug-likeness (QED) is 0.867. The number of ether oxygens (including phenoxy) is 1. The van der Waals surface area contributed by atoms with Gasteiger partial charge < -0.3 is 14.6 Å². The smallest absolute Gasteiger partial charge is 0.253 e. The molecule has 5 heteroatoms. The van der Waals surface area contributed by atoms with E-state index in [2.05, 4.69) is 10.3 Å². The third kappa shape index (κ3) is 3.45. The van der Waals surface area contributed by atoms with Gasteiger partial charge in [-0.2, -0.15) is 0 Å². The minimum atomic E-state index is -0.567. The monoisotopic (exact) mass is 273 g/mol. The van der Waals surface area contributed by atoms with Crippen LogP contribution in [0.4, 0.5) is 0 Å². The lowest BCUT2D eigenvalue weighted by molar-refractivity contribution is -0.131. The zero-order valence-corrected chi connectivity index (χ0v) is 11.7. The number of hydrogen-bond acceptors (Lipinski definition) is 3. The molecule has 2 rings (SSSR count). The molecule has 0 aliphatic carbocycles.